The van der Waals surface area contributed by atoms with Gasteiger partial charge in [0.15, 0.2) is 0 Å². The maximum Gasteiger partial charge on any atom is 0.257 e. The summed E-state index contributed by atoms with van der Waals surface area (Å²) in [7, 11) is 1.66. The van der Waals surface area contributed by atoms with Crippen LogP contribution in [0.25, 0.3) is 10.8 Å². The van der Waals surface area contributed by atoms with Gasteiger partial charge >= 0.3 is 0 Å². The molecule has 0 saturated carbocycles. The molecule has 0 radical (unpaired) electrons. The Hall–Kier alpha value is -3.60. The van der Waals surface area contributed by atoms with E-state index in [0.29, 0.717) is 11.2 Å². The molecule has 3 aromatic rings. The van der Waals surface area contributed by atoms with Crippen LogP contribution < -0.4 is 10.3 Å². The number of pyridine rings is 1. The minimum atomic E-state index is -0.119. The van der Waals surface area contributed by atoms with Gasteiger partial charge in [-0.05, 0) is 41.3 Å². The number of aliphatic imine (C=N–C) groups is 1. The van der Waals surface area contributed by atoms with Crippen molar-refractivity contribution in [1.82, 2.24) is 9.88 Å². The molecule has 1 N–H and O–H groups in total. The molecule has 0 spiro atoms. The minimum Gasteiger partial charge on any atom is -0.497 e. The van der Waals surface area contributed by atoms with Gasteiger partial charge in [-0.2, -0.15) is 0 Å². The predicted octanol–water partition coefficient (Wildman–Crippen LogP) is 4.06. The molecule has 3 heterocycles. The molecule has 5 heteroatoms. The lowest BCUT2D eigenvalue weighted by Crippen LogP contribution is -2.34. The first kappa shape index (κ1) is 15.6. The van der Waals surface area contributed by atoms with Gasteiger partial charge in [0, 0.05) is 17.1 Å². The standard InChI is InChI=1S/C22H17N3O2/c1-27-15-11-9-14(10-12-15)20-19-16-6-2-3-7-17(16)22(26)24-21(19)23-18-8-4-5-13-25(18)20/h2-13,20H,1H3,(H,24,26)/t20-/m1/s1. The third-order valence-corrected chi connectivity index (χ3v) is 5.03. The molecule has 2 aromatic carbocycles. The summed E-state index contributed by atoms with van der Waals surface area (Å²) in [5, 5.41) is 1.59. The van der Waals surface area contributed by atoms with Crippen LogP contribution in [0.2, 0.25) is 0 Å². The number of nitrogens with zero attached hydrogens (tertiary/aromatic N) is 2. The molecule has 0 unspecified atom stereocenters. The first-order chi connectivity index (χ1) is 13.3. The number of allylic oxidation sites excluding steroid dienone is 2. The lowest BCUT2D eigenvalue weighted by Gasteiger charge is -2.36. The maximum atomic E-state index is 12.6. The highest BCUT2D eigenvalue weighted by atomic mass is 16.5. The van der Waals surface area contributed by atoms with E-state index in [0.717, 1.165) is 28.1 Å². The number of aromatic nitrogens is 1. The van der Waals surface area contributed by atoms with Crippen molar-refractivity contribution < 1.29 is 4.74 Å². The molecule has 0 saturated heterocycles. The van der Waals surface area contributed by atoms with Crippen molar-refractivity contribution in [2.75, 3.05) is 7.11 Å². The molecule has 1 aromatic heterocycles. The highest BCUT2D eigenvalue weighted by Gasteiger charge is 2.32. The highest BCUT2D eigenvalue weighted by Crippen LogP contribution is 2.42. The van der Waals surface area contributed by atoms with Crippen molar-refractivity contribution in [1.29, 1.82) is 0 Å². The van der Waals surface area contributed by atoms with Gasteiger partial charge in [0.25, 0.3) is 5.56 Å². The SMILES string of the molecule is COc1ccc([C@@H]2c3c([nH]c(=O)c4ccccc34)N=C3C=CC=CN32)cc1. The second kappa shape index (κ2) is 5.99. The van der Waals surface area contributed by atoms with Crippen LogP contribution in [0.5, 0.6) is 5.75 Å². The molecule has 1 atom stereocenters. The summed E-state index contributed by atoms with van der Waals surface area (Å²) >= 11 is 0. The van der Waals surface area contributed by atoms with E-state index in [1.54, 1.807) is 7.11 Å². The molecular weight excluding hydrogens is 338 g/mol. The number of ether oxygens (including phenoxy) is 1. The smallest absolute Gasteiger partial charge is 0.257 e. The summed E-state index contributed by atoms with van der Waals surface area (Å²) in [6.07, 6.45) is 7.92. The number of hydrogen-bond donors (Lipinski definition) is 1. The molecule has 0 aliphatic carbocycles. The fourth-order valence-corrected chi connectivity index (χ4v) is 3.78. The van der Waals surface area contributed by atoms with Gasteiger partial charge in [-0.15, -0.1) is 0 Å². The quantitative estimate of drug-likeness (QED) is 0.754. The summed E-state index contributed by atoms with van der Waals surface area (Å²) in [4.78, 5) is 22.4. The topological polar surface area (TPSA) is 57.7 Å². The zero-order valence-corrected chi connectivity index (χ0v) is 14.7. The fraction of sp³-hybridized carbons (Fsp3) is 0.0909. The second-order valence-electron chi connectivity index (χ2n) is 6.52. The van der Waals surface area contributed by atoms with Crippen LogP contribution in [-0.4, -0.2) is 22.8 Å². The maximum absolute atomic E-state index is 12.6. The van der Waals surface area contributed by atoms with Gasteiger partial charge in [-0.1, -0.05) is 36.4 Å². The largest absolute Gasteiger partial charge is 0.497 e. The van der Waals surface area contributed by atoms with Crippen molar-refractivity contribution in [3.05, 3.63) is 94.4 Å². The molecule has 0 bridgehead atoms. The van der Waals surface area contributed by atoms with Crippen LogP contribution in [0.4, 0.5) is 5.82 Å². The number of aromatic amines is 1. The predicted molar refractivity (Wildman–Crippen MR) is 107 cm³/mol. The Balaban J connectivity index is 1.83. The zero-order chi connectivity index (χ0) is 18.4. The van der Waals surface area contributed by atoms with E-state index in [-0.39, 0.29) is 11.6 Å². The highest BCUT2D eigenvalue weighted by molar-refractivity contribution is 6.01. The van der Waals surface area contributed by atoms with E-state index in [1.807, 2.05) is 60.8 Å². The van der Waals surface area contributed by atoms with Gasteiger partial charge in [-0.25, -0.2) is 4.99 Å². The molecule has 5 rings (SSSR count). The lowest BCUT2D eigenvalue weighted by molar-refractivity contribution is 0.413. The van der Waals surface area contributed by atoms with Crippen LogP contribution in [0.15, 0.2) is 82.7 Å². The van der Waals surface area contributed by atoms with Gasteiger partial charge in [0.05, 0.1) is 13.2 Å². The van der Waals surface area contributed by atoms with Crippen molar-refractivity contribution in [2.45, 2.75) is 6.04 Å². The van der Waals surface area contributed by atoms with Crippen molar-refractivity contribution in [3.8, 4) is 5.75 Å². The third kappa shape index (κ3) is 2.39. The van der Waals surface area contributed by atoms with E-state index in [9.17, 15) is 4.79 Å². The molecule has 2 aliphatic rings. The number of amidine groups is 1. The molecule has 5 nitrogen and oxygen atoms in total. The number of methoxy groups -OCH3 is 1. The van der Waals surface area contributed by atoms with E-state index in [2.05, 4.69) is 22.0 Å². The Morgan fingerprint density at radius 1 is 1.04 bits per heavy atom. The normalized spacial score (nSPS) is 17.4. The number of fused-ring (bicyclic) bond motifs is 4. The van der Waals surface area contributed by atoms with Gasteiger partial charge < -0.3 is 14.6 Å². The number of rotatable bonds is 2. The third-order valence-electron chi connectivity index (χ3n) is 5.03. The zero-order valence-electron chi connectivity index (χ0n) is 14.7. The van der Waals surface area contributed by atoms with Crippen molar-refractivity contribution >= 4 is 22.4 Å². The average Bonchev–Trinajstić information content (AvgIpc) is 2.72. The first-order valence-corrected chi connectivity index (χ1v) is 8.77. The summed E-state index contributed by atoms with van der Waals surface area (Å²) in [6, 6.07) is 15.6. The number of benzene rings is 2. The van der Waals surface area contributed by atoms with Crippen molar-refractivity contribution in [2.24, 2.45) is 4.99 Å². The Bertz CT molecular complexity index is 1190. The van der Waals surface area contributed by atoms with Gasteiger partial charge in [0.1, 0.15) is 17.4 Å². The van der Waals surface area contributed by atoms with Crippen LogP contribution in [0, 0.1) is 0 Å². The summed E-state index contributed by atoms with van der Waals surface area (Å²) in [6.45, 7) is 0. The lowest BCUT2D eigenvalue weighted by atomic mass is 9.91. The fourth-order valence-electron chi connectivity index (χ4n) is 3.78. The number of H-pyrrole nitrogens is 1. The van der Waals surface area contributed by atoms with Crippen LogP contribution in [0.1, 0.15) is 17.2 Å². The second-order valence-corrected chi connectivity index (χ2v) is 6.52. The molecule has 2 aliphatic heterocycles. The van der Waals surface area contributed by atoms with Crippen molar-refractivity contribution in [3.63, 3.8) is 0 Å². The van der Waals surface area contributed by atoms with E-state index in [4.69, 9.17) is 9.73 Å². The Morgan fingerprint density at radius 3 is 2.59 bits per heavy atom. The van der Waals surface area contributed by atoms with E-state index >= 15 is 0 Å². The Labute approximate surface area is 155 Å². The molecule has 0 fully saturated rings. The molecular formula is C22H17N3O2. The number of hydrogen-bond acceptors (Lipinski definition) is 4. The van der Waals surface area contributed by atoms with E-state index < -0.39 is 0 Å². The Kier molecular flexibility index (Phi) is 3.47. The van der Waals surface area contributed by atoms with Gasteiger partial charge in [-0.3, -0.25) is 4.79 Å². The van der Waals surface area contributed by atoms with Crippen LogP contribution in [-0.2, 0) is 0 Å². The van der Waals surface area contributed by atoms with Gasteiger partial charge in [0.2, 0.25) is 0 Å². The average molecular weight is 355 g/mol. The summed E-state index contributed by atoms with van der Waals surface area (Å²) < 4.78 is 5.31. The minimum absolute atomic E-state index is 0.0960. The Morgan fingerprint density at radius 2 is 1.81 bits per heavy atom. The van der Waals surface area contributed by atoms with E-state index in [1.165, 1.54) is 0 Å². The van der Waals surface area contributed by atoms with Crippen LogP contribution in [0.3, 0.4) is 0 Å². The monoisotopic (exact) mass is 355 g/mol. The summed E-state index contributed by atoms with van der Waals surface area (Å²) in [5.41, 5.74) is 1.98. The van der Waals surface area contributed by atoms with Crippen LogP contribution >= 0.6 is 0 Å². The molecule has 27 heavy (non-hydrogen) atoms. The molecule has 132 valence electrons. The molecule has 0 amide bonds. The number of nitrogens with one attached hydrogen (secondary N) is 1. The summed E-state index contributed by atoms with van der Waals surface area (Å²) in [5.74, 6) is 2.23. The first-order valence-electron chi connectivity index (χ1n) is 8.77.